The van der Waals surface area contributed by atoms with Gasteiger partial charge in [0.2, 0.25) is 22.0 Å². The van der Waals surface area contributed by atoms with Crippen molar-refractivity contribution >= 4 is 88.1 Å². The molecule has 868 valence electrons. The summed E-state index contributed by atoms with van der Waals surface area (Å²) in [6, 6.07) is 0. The zero-order valence-corrected chi connectivity index (χ0v) is 87.7. The second-order valence-corrected chi connectivity index (χ2v) is 55.1. The van der Waals surface area contributed by atoms with Crippen molar-refractivity contribution in [3.63, 3.8) is 0 Å². The molecular weight excluding hydrogens is 1930 g/mol. The van der Waals surface area contributed by atoms with Crippen molar-refractivity contribution in [2.24, 2.45) is 105 Å². The Morgan fingerprint density at radius 1 is 0.322 bits per heavy atom. The molecule has 24 bridgehead atoms. The molecule has 0 spiro atoms. The van der Waals surface area contributed by atoms with E-state index in [1.807, 2.05) is 122 Å². The number of fused-ring (bicyclic) bond motifs is 6. The average molecular weight is 2140 g/mol. The second kappa shape index (κ2) is 47.6. The summed E-state index contributed by atoms with van der Waals surface area (Å²) in [5.74, 6) is -4.89. The molecule has 12 aliphatic carbocycles. The minimum absolute atomic E-state index is 0. The van der Waals surface area contributed by atoms with Crippen LogP contribution in [0.25, 0.3) is 0 Å². The fraction of sp³-hybridized carbons (Fsp3) is 0.890. The number of nitrogens with one attached hydrogen (secondary N) is 1. The summed E-state index contributed by atoms with van der Waals surface area (Å²) in [6.45, 7) is 49.8. The van der Waals surface area contributed by atoms with E-state index in [1.165, 1.54) is 0 Å². The Labute approximate surface area is 900 Å². The van der Waals surface area contributed by atoms with Gasteiger partial charge >= 0.3 is 71.6 Å². The fourth-order valence-electron chi connectivity index (χ4n) is 29.3. The van der Waals surface area contributed by atoms with E-state index < -0.39 is 99.2 Å². The molecule has 149 heavy (non-hydrogen) atoms. The highest BCUT2D eigenvalue weighted by Crippen LogP contribution is 2.68. The summed E-state index contributed by atoms with van der Waals surface area (Å²) < 4.78 is 96.2. The summed E-state index contributed by atoms with van der Waals surface area (Å²) in [4.78, 5) is 165. The van der Waals surface area contributed by atoms with E-state index in [9.17, 15) is 70.7 Å². The molecule has 2 N–H and O–H groups in total. The molecule has 0 aromatic carbocycles. The van der Waals surface area contributed by atoms with E-state index >= 15 is 0 Å². The monoisotopic (exact) mass is 2140 g/mol. The van der Waals surface area contributed by atoms with Crippen molar-refractivity contribution in [3.05, 3.63) is 0 Å². The first-order valence-electron chi connectivity index (χ1n) is 51.3. The smallest absolute Gasteiger partial charge is 0.350 e. The van der Waals surface area contributed by atoms with Crippen molar-refractivity contribution in [1.29, 1.82) is 0 Å². The average Bonchev–Trinajstić information content (AvgIpc) is 1.78. The Morgan fingerprint density at radius 2 is 0.611 bits per heavy atom. The van der Waals surface area contributed by atoms with Gasteiger partial charge in [-0.25, -0.2) is 18.1 Å². The standard InChI is InChI=1S/C18H27NO7S.3C18H28O4.C17H26O6.C17H26O4.12CH4/c1-4-16(2,3)15(22)26-18-6-12-5-17(9-18,10-27(23,24)19-11-20)7-13(8-18)25-14(12)21;1-6-15(2,3)13(19)22-18-8-12-7-16(4,10-18)9-17(5,11-18)14(20)21-12;1-6-15(2,3)13(19)22-18-10-16(4)7-12(21-14(18)20)8-17(5,9-16)11-18;1-6-15(2,3)14(20)22-18-10-16(4)7-12(13(19)21-18)8-17(5,9-16)11-18;1-4-15(2,3)14(19)23-17-6-11-5-16(9-17,10-21-20)7-12(8-17)22-13(11)18;1-5-15(2,3)14(19)21-17-7-11-6-16(4,10-17)8-12(9-17)20-13(11)18;;;;;;;;;;;;/h11-13H,4-10H2,1-3H3,(H,19,20);3*12H,6-11H2,1-5H3;11-12,20H,4-10H2,1-3H3;11-12H,5-10H2,1-4H3;12*1H4. The number of sulfonamides is 1. The minimum atomic E-state index is -3.84. The number of carbonyl (C=O) groups excluding carboxylic acids is 13. The first-order chi connectivity index (χ1) is 62.9. The first kappa shape index (κ1) is 140. The second-order valence-electron chi connectivity index (χ2n) is 53.3. The van der Waals surface area contributed by atoms with Crippen molar-refractivity contribution in [1.82, 2.24) is 4.72 Å². The molecule has 31 heteroatoms. The van der Waals surface area contributed by atoms with Gasteiger partial charge < -0.3 is 56.8 Å². The van der Waals surface area contributed by atoms with Crippen molar-refractivity contribution in [2.75, 3.05) is 12.4 Å². The molecule has 0 radical (unpaired) electrons. The maximum Gasteiger partial charge on any atom is 0.350 e. The number of carbonyl (C=O) groups is 13. The Balaban J connectivity index is 0.000000881. The quantitative estimate of drug-likeness (QED) is 0.0298. The molecular formula is C118H211NO29S. The van der Waals surface area contributed by atoms with Crippen LogP contribution in [0.5, 0.6) is 0 Å². The number of ether oxygens (including phenoxy) is 12. The third-order valence-electron chi connectivity index (χ3n) is 36.4. The van der Waals surface area contributed by atoms with E-state index in [0.717, 1.165) is 89.9 Å². The Morgan fingerprint density at radius 3 is 1.01 bits per heavy atom. The van der Waals surface area contributed by atoms with Gasteiger partial charge in [0, 0.05) is 82.5 Å². The van der Waals surface area contributed by atoms with Crippen LogP contribution in [0.15, 0.2) is 0 Å². The highest BCUT2D eigenvalue weighted by molar-refractivity contribution is 7.90. The SMILES string of the molecule is C.C.C.C.C.C.C.C.C.C.C.C.CCC(C)(C)C(=O)OC12CC3(C)CC(CC(C)(C3)C1)C(=O)O2.CCC(C)(C)C(=O)OC12CC3(C)CC(CC(C)(C3)C1)OC2=O.CCC(C)(C)C(=O)OC12CC3CC(C)(C1)CC(C)(C2)C(=O)O3.CCC(C)(C)C(=O)OC12CC3CC(C)(CC(C1)C(=O)O3)C2.CCC(C)(C)C(=O)OC12CC3CC(COO)(CC(C1)C(=O)O3)C2.CCC(C)(C)C(=O)OC12CC3CC(CS(=O)(=O)NC=O)(CC(C1)C(=O)O3)C2. The summed E-state index contributed by atoms with van der Waals surface area (Å²) in [6.07, 6.45) is 24.2. The Hall–Kier alpha value is -7.02. The predicted octanol–water partition coefficient (Wildman–Crippen LogP) is 25.9. The molecule has 1 amide bonds. The van der Waals surface area contributed by atoms with Crippen LogP contribution in [-0.4, -0.2) is 168 Å². The maximum absolute atomic E-state index is 12.7. The van der Waals surface area contributed by atoms with Crippen LogP contribution in [0.1, 0.15) is 493 Å². The highest BCUT2D eigenvalue weighted by atomic mass is 32.2. The lowest BCUT2D eigenvalue weighted by molar-refractivity contribution is -0.279. The van der Waals surface area contributed by atoms with Crippen molar-refractivity contribution in [2.45, 2.75) is 558 Å². The normalized spacial score (nSPS) is 37.6. The molecule has 12 saturated carbocycles. The Kier molecular flexibility index (Phi) is 44.7. The lowest BCUT2D eigenvalue weighted by atomic mass is 9.52. The van der Waals surface area contributed by atoms with Crippen molar-refractivity contribution in [3.8, 4) is 0 Å². The first-order valence-corrected chi connectivity index (χ1v) is 52.9. The summed E-state index contributed by atoms with van der Waals surface area (Å²) in [7, 11) is -3.84. The molecule has 12 saturated heterocycles. The molecule has 20 atom stereocenters. The zero-order valence-electron chi connectivity index (χ0n) is 86.9. The van der Waals surface area contributed by atoms with Gasteiger partial charge in [-0.05, 0) is 282 Å². The molecule has 0 aromatic rings. The molecule has 24 rings (SSSR count). The van der Waals surface area contributed by atoms with Gasteiger partial charge in [0.05, 0.1) is 73.9 Å². The van der Waals surface area contributed by atoms with Crippen LogP contribution in [0, 0.1) is 105 Å². The van der Waals surface area contributed by atoms with Crippen molar-refractivity contribution < 1.29 is 138 Å². The molecule has 0 aromatic heterocycles. The van der Waals surface area contributed by atoms with Crippen LogP contribution in [0.2, 0.25) is 0 Å². The van der Waals surface area contributed by atoms with Gasteiger partial charge in [-0.15, -0.1) is 0 Å². The van der Waals surface area contributed by atoms with Gasteiger partial charge in [0.25, 0.3) is 5.79 Å². The van der Waals surface area contributed by atoms with Gasteiger partial charge in [0.15, 0.2) is 0 Å². The summed E-state index contributed by atoms with van der Waals surface area (Å²) >= 11 is 0. The number of hydrogen-bond donors (Lipinski definition) is 2. The fourth-order valence-corrected chi connectivity index (χ4v) is 30.7. The predicted molar refractivity (Wildman–Crippen MR) is 579 cm³/mol. The van der Waals surface area contributed by atoms with Crippen LogP contribution >= 0.6 is 0 Å². The number of hydrogen-bond acceptors (Lipinski definition) is 29. The summed E-state index contributed by atoms with van der Waals surface area (Å²) in [5.41, 5.74) is -8.40. The zero-order chi connectivity index (χ0) is 102. The summed E-state index contributed by atoms with van der Waals surface area (Å²) in [5, 5.41) is 8.98. The molecule has 12 heterocycles. The van der Waals surface area contributed by atoms with E-state index in [1.54, 1.807) is 13.8 Å². The van der Waals surface area contributed by atoms with Gasteiger partial charge in [-0.1, -0.05) is 172 Å². The van der Waals surface area contributed by atoms with E-state index in [-0.39, 0.29) is 260 Å². The van der Waals surface area contributed by atoms with Crippen LogP contribution < -0.4 is 4.72 Å². The number of rotatable bonds is 24. The number of amides is 1. The maximum atomic E-state index is 12.7. The van der Waals surface area contributed by atoms with Gasteiger partial charge in [0.1, 0.15) is 52.9 Å². The lowest BCUT2D eigenvalue weighted by Crippen LogP contribution is -2.56. The van der Waals surface area contributed by atoms with E-state index in [2.05, 4.69) is 46.4 Å². The topological polar surface area (TPSA) is 408 Å². The molecule has 12 aliphatic heterocycles. The van der Waals surface area contributed by atoms with Gasteiger partial charge in [-0.3, -0.25) is 67.5 Å². The molecule has 24 aliphatic rings. The lowest BCUT2D eigenvalue weighted by Gasteiger charge is -2.54. The van der Waals surface area contributed by atoms with Crippen LogP contribution in [-0.2, 0) is 134 Å². The van der Waals surface area contributed by atoms with E-state index in [4.69, 9.17) is 62.1 Å². The third-order valence-corrected chi connectivity index (χ3v) is 37.8. The van der Waals surface area contributed by atoms with Gasteiger partial charge in [-0.2, -0.15) is 0 Å². The van der Waals surface area contributed by atoms with Crippen LogP contribution in [0.4, 0.5) is 0 Å². The highest BCUT2D eigenvalue weighted by Gasteiger charge is 2.71. The molecule has 20 unspecified atom stereocenters. The largest absolute Gasteiger partial charge is 0.462 e. The molecule has 24 fully saturated rings. The third kappa shape index (κ3) is 29.1. The van der Waals surface area contributed by atoms with E-state index in [0.29, 0.717) is 141 Å². The number of esters is 12. The molecule has 30 nitrogen and oxygen atoms in total. The Bertz CT molecular complexity index is 4810. The minimum Gasteiger partial charge on any atom is -0.462 e. The van der Waals surface area contributed by atoms with Crippen LogP contribution in [0.3, 0.4) is 0 Å².